The van der Waals surface area contributed by atoms with Crippen LogP contribution in [0.1, 0.15) is 0 Å². The standard InChI is InChI=1S/C5H6N4O3/c1-9-2-6-8-5(9)7-3(10)4(11)12/h2H,1H3,(H,11,12)(H,7,8,10). The second kappa shape index (κ2) is 2.99. The second-order valence-corrected chi connectivity index (χ2v) is 2.02. The van der Waals surface area contributed by atoms with E-state index in [-0.39, 0.29) is 5.95 Å². The molecule has 0 aliphatic carbocycles. The molecule has 1 aromatic rings. The molecule has 0 bridgehead atoms. The number of carbonyl (C=O) groups is 2. The lowest BCUT2D eigenvalue weighted by Gasteiger charge is -1.98. The van der Waals surface area contributed by atoms with Gasteiger partial charge in [-0.3, -0.25) is 10.1 Å². The van der Waals surface area contributed by atoms with E-state index >= 15 is 0 Å². The number of nitrogens with one attached hydrogen (secondary N) is 1. The van der Waals surface area contributed by atoms with Gasteiger partial charge in [-0.2, -0.15) is 0 Å². The first-order valence-corrected chi connectivity index (χ1v) is 2.99. The summed E-state index contributed by atoms with van der Waals surface area (Å²) in [6.45, 7) is 0. The average molecular weight is 170 g/mol. The number of carboxylic acid groups (broad SMARTS) is 1. The number of rotatable bonds is 1. The molecule has 64 valence electrons. The van der Waals surface area contributed by atoms with E-state index in [4.69, 9.17) is 5.11 Å². The number of aryl methyl sites for hydroxylation is 1. The van der Waals surface area contributed by atoms with Gasteiger partial charge in [0, 0.05) is 7.05 Å². The van der Waals surface area contributed by atoms with Crippen LogP contribution in [-0.4, -0.2) is 31.7 Å². The first-order valence-electron chi connectivity index (χ1n) is 2.99. The molecule has 0 atom stereocenters. The Hall–Kier alpha value is -1.92. The molecule has 7 heteroatoms. The molecule has 0 saturated carbocycles. The highest BCUT2D eigenvalue weighted by atomic mass is 16.4. The van der Waals surface area contributed by atoms with E-state index in [1.54, 1.807) is 7.05 Å². The van der Waals surface area contributed by atoms with Crippen LogP contribution in [0.25, 0.3) is 0 Å². The summed E-state index contributed by atoms with van der Waals surface area (Å²) in [7, 11) is 1.58. The summed E-state index contributed by atoms with van der Waals surface area (Å²) in [5.41, 5.74) is 0. The van der Waals surface area contributed by atoms with Crippen molar-refractivity contribution in [3.8, 4) is 0 Å². The molecule has 0 unspecified atom stereocenters. The van der Waals surface area contributed by atoms with Gasteiger partial charge in [0.2, 0.25) is 5.95 Å². The van der Waals surface area contributed by atoms with Crippen LogP contribution in [0, 0.1) is 0 Å². The maximum Gasteiger partial charge on any atom is 0.394 e. The quantitative estimate of drug-likeness (QED) is 0.518. The van der Waals surface area contributed by atoms with Crippen molar-refractivity contribution < 1.29 is 14.7 Å². The lowest BCUT2D eigenvalue weighted by atomic mass is 10.6. The lowest BCUT2D eigenvalue weighted by Crippen LogP contribution is -2.23. The van der Waals surface area contributed by atoms with Gasteiger partial charge in [-0.15, -0.1) is 10.2 Å². The maximum atomic E-state index is 10.6. The smallest absolute Gasteiger partial charge is 0.394 e. The SMILES string of the molecule is Cn1cnnc1NC(=O)C(=O)O. The summed E-state index contributed by atoms with van der Waals surface area (Å²) >= 11 is 0. The van der Waals surface area contributed by atoms with Crippen molar-refractivity contribution in [1.29, 1.82) is 0 Å². The minimum absolute atomic E-state index is 0.0994. The van der Waals surface area contributed by atoms with Crippen LogP contribution in [0.15, 0.2) is 6.33 Å². The zero-order valence-corrected chi connectivity index (χ0v) is 6.18. The van der Waals surface area contributed by atoms with Gasteiger partial charge >= 0.3 is 11.9 Å². The van der Waals surface area contributed by atoms with Gasteiger partial charge in [0.25, 0.3) is 0 Å². The topological polar surface area (TPSA) is 97.1 Å². The van der Waals surface area contributed by atoms with Crippen LogP contribution >= 0.6 is 0 Å². The summed E-state index contributed by atoms with van der Waals surface area (Å²) in [4.78, 5) is 20.6. The molecule has 12 heavy (non-hydrogen) atoms. The predicted molar refractivity (Wildman–Crippen MR) is 37.3 cm³/mol. The minimum atomic E-state index is -1.56. The van der Waals surface area contributed by atoms with Crippen molar-refractivity contribution in [1.82, 2.24) is 14.8 Å². The number of carboxylic acids is 1. The number of aromatic nitrogens is 3. The van der Waals surface area contributed by atoms with E-state index in [2.05, 4.69) is 10.2 Å². The molecule has 0 aromatic carbocycles. The van der Waals surface area contributed by atoms with Crippen LogP contribution in [0.2, 0.25) is 0 Å². The van der Waals surface area contributed by atoms with Crippen molar-refractivity contribution >= 4 is 17.8 Å². The third kappa shape index (κ3) is 1.57. The Kier molecular flexibility index (Phi) is 2.04. The van der Waals surface area contributed by atoms with Gasteiger partial charge in [-0.05, 0) is 0 Å². The Labute approximate surface area is 67.0 Å². The fourth-order valence-electron chi connectivity index (χ4n) is 0.551. The van der Waals surface area contributed by atoms with Crippen LogP contribution in [0.5, 0.6) is 0 Å². The first kappa shape index (κ1) is 8.18. The molecule has 1 rings (SSSR count). The Morgan fingerprint density at radius 2 is 2.33 bits per heavy atom. The summed E-state index contributed by atoms with van der Waals surface area (Å²) in [5, 5.41) is 17.1. The van der Waals surface area contributed by atoms with Crippen LogP contribution < -0.4 is 5.32 Å². The molecule has 0 fully saturated rings. The van der Waals surface area contributed by atoms with Gasteiger partial charge in [0.05, 0.1) is 0 Å². The second-order valence-electron chi connectivity index (χ2n) is 2.02. The largest absolute Gasteiger partial charge is 0.474 e. The molecule has 1 heterocycles. The molecule has 0 aliphatic rings. The number of hydrogen-bond donors (Lipinski definition) is 2. The van der Waals surface area contributed by atoms with Gasteiger partial charge in [-0.1, -0.05) is 0 Å². The van der Waals surface area contributed by atoms with E-state index < -0.39 is 11.9 Å². The fraction of sp³-hybridized carbons (Fsp3) is 0.200. The Balaban J connectivity index is 2.71. The van der Waals surface area contributed by atoms with Gasteiger partial charge in [0.15, 0.2) is 0 Å². The Morgan fingerprint density at radius 1 is 1.67 bits per heavy atom. The molecule has 1 amide bonds. The molecule has 1 aromatic heterocycles. The number of anilines is 1. The summed E-state index contributed by atoms with van der Waals surface area (Å²) in [6.07, 6.45) is 1.34. The van der Waals surface area contributed by atoms with Crippen molar-refractivity contribution in [2.24, 2.45) is 7.05 Å². The molecule has 0 radical (unpaired) electrons. The van der Waals surface area contributed by atoms with Crippen LogP contribution in [0.4, 0.5) is 5.95 Å². The highest BCUT2D eigenvalue weighted by molar-refractivity contribution is 6.36. The van der Waals surface area contributed by atoms with Crippen LogP contribution in [-0.2, 0) is 16.6 Å². The van der Waals surface area contributed by atoms with Crippen molar-refractivity contribution in [3.05, 3.63) is 6.33 Å². The van der Waals surface area contributed by atoms with Gasteiger partial charge in [-0.25, -0.2) is 4.79 Å². The van der Waals surface area contributed by atoms with Crippen molar-refractivity contribution in [2.75, 3.05) is 5.32 Å². The zero-order valence-electron chi connectivity index (χ0n) is 6.18. The highest BCUT2D eigenvalue weighted by Crippen LogP contribution is 1.96. The van der Waals surface area contributed by atoms with Crippen LogP contribution in [0.3, 0.4) is 0 Å². The van der Waals surface area contributed by atoms with E-state index in [1.807, 2.05) is 5.32 Å². The van der Waals surface area contributed by atoms with E-state index in [0.717, 1.165) is 0 Å². The molecular formula is C5H6N4O3. The molecule has 0 saturated heterocycles. The first-order chi connectivity index (χ1) is 5.61. The normalized spacial score (nSPS) is 9.42. The third-order valence-electron chi connectivity index (χ3n) is 1.13. The monoisotopic (exact) mass is 170 g/mol. The number of aliphatic carboxylic acids is 1. The average Bonchev–Trinajstić information content (AvgIpc) is 2.36. The lowest BCUT2D eigenvalue weighted by molar-refractivity contribution is -0.147. The third-order valence-corrected chi connectivity index (χ3v) is 1.13. The fourth-order valence-corrected chi connectivity index (χ4v) is 0.551. The molecule has 7 nitrogen and oxygen atoms in total. The Morgan fingerprint density at radius 3 is 2.75 bits per heavy atom. The number of carbonyl (C=O) groups excluding carboxylic acids is 1. The zero-order chi connectivity index (χ0) is 9.14. The summed E-state index contributed by atoms with van der Waals surface area (Å²) in [5.74, 6) is -2.59. The highest BCUT2D eigenvalue weighted by Gasteiger charge is 2.13. The maximum absolute atomic E-state index is 10.6. The minimum Gasteiger partial charge on any atom is -0.474 e. The molecule has 0 aliphatic heterocycles. The van der Waals surface area contributed by atoms with Gasteiger partial charge in [0.1, 0.15) is 6.33 Å². The van der Waals surface area contributed by atoms with E-state index in [9.17, 15) is 9.59 Å². The number of nitrogens with zero attached hydrogens (tertiary/aromatic N) is 3. The number of hydrogen-bond acceptors (Lipinski definition) is 4. The van der Waals surface area contributed by atoms with E-state index in [1.165, 1.54) is 10.9 Å². The number of amides is 1. The van der Waals surface area contributed by atoms with E-state index in [0.29, 0.717) is 0 Å². The Bertz CT molecular complexity index is 318. The van der Waals surface area contributed by atoms with Crippen molar-refractivity contribution in [3.63, 3.8) is 0 Å². The summed E-state index contributed by atoms with van der Waals surface area (Å²) < 4.78 is 1.39. The molecule has 0 spiro atoms. The predicted octanol–water partition coefficient (Wildman–Crippen LogP) is -1.16. The van der Waals surface area contributed by atoms with Gasteiger partial charge < -0.3 is 9.67 Å². The molecule has 2 N–H and O–H groups in total. The summed E-state index contributed by atoms with van der Waals surface area (Å²) in [6, 6.07) is 0. The molecular weight excluding hydrogens is 164 g/mol. The van der Waals surface area contributed by atoms with Crippen molar-refractivity contribution in [2.45, 2.75) is 0 Å².